The Morgan fingerprint density at radius 2 is 1.65 bits per heavy atom. The van der Waals surface area contributed by atoms with Gasteiger partial charge in [0.15, 0.2) is 0 Å². The van der Waals surface area contributed by atoms with Crippen molar-refractivity contribution in [1.82, 2.24) is 4.98 Å². The molecule has 20 heavy (non-hydrogen) atoms. The van der Waals surface area contributed by atoms with Crippen molar-refractivity contribution in [1.29, 1.82) is 0 Å². The maximum Gasteiger partial charge on any atom is 0.136 e. The first-order valence-corrected chi connectivity index (χ1v) is 6.65. The van der Waals surface area contributed by atoms with E-state index in [4.69, 9.17) is 4.42 Å². The van der Waals surface area contributed by atoms with E-state index in [1.54, 1.807) is 0 Å². The summed E-state index contributed by atoms with van der Waals surface area (Å²) in [5, 5.41) is 2.32. The number of nitrogens with zero attached hydrogens (tertiary/aromatic N) is 1. The van der Waals surface area contributed by atoms with Gasteiger partial charge in [-0.15, -0.1) is 0 Å². The standard InChI is InChI=1S/C18H13NO/c1-12-5-7-14-15-8-6-13(16-4-2-3-9-19-16)11-18(15)20-17(14)10-12/h2-11H,1H3. The molecule has 96 valence electrons. The van der Waals surface area contributed by atoms with Crippen molar-refractivity contribution in [2.75, 3.05) is 0 Å². The molecule has 0 atom stereocenters. The monoisotopic (exact) mass is 259 g/mol. The molecule has 0 unspecified atom stereocenters. The van der Waals surface area contributed by atoms with E-state index in [1.807, 2.05) is 24.4 Å². The summed E-state index contributed by atoms with van der Waals surface area (Å²) in [5.41, 5.74) is 5.10. The Morgan fingerprint density at radius 3 is 2.45 bits per heavy atom. The summed E-state index contributed by atoms with van der Waals surface area (Å²) < 4.78 is 5.97. The van der Waals surface area contributed by atoms with Crippen LogP contribution < -0.4 is 0 Å². The van der Waals surface area contributed by atoms with E-state index in [0.29, 0.717) is 0 Å². The first kappa shape index (κ1) is 11.2. The van der Waals surface area contributed by atoms with Gasteiger partial charge in [-0.05, 0) is 42.8 Å². The maximum absolute atomic E-state index is 5.97. The molecule has 0 aliphatic heterocycles. The van der Waals surface area contributed by atoms with Crippen molar-refractivity contribution in [2.45, 2.75) is 6.92 Å². The average Bonchev–Trinajstić information content (AvgIpc) is 2.84. The van der Waals surface area contributed by atoms with E-state index in [9.17, 15) is 0 Å². The molecule has 4 rings (SSSR count). The third kappa shape index (κ3) is 1.69. The van der Waals surface area contributed by atoms with Gasteiger partial charge in [0.05, 0.1) is 5.69 Å². The molecule has 0 radical (unpaired) electrons. The van der Waals surface area contributed by atoms with Crippen LogP contribution in [0.15, 0.2) is 65.2 Å². The largest absolute Gasteiger partial charge is 0.456 e. The number of furan rings is 1. The Balaban J connectivity index is 1.98. The molecule has 0 N–H and O–H groups in total. The molecule has 2 heteroatoms. The first-order chi connectivity index (χ1) is 9.81. The highest BCUT2D eigenvalue weighted by molar-refractivity contribution is 6.05. The van der Waals surface area contributed by atoms with E-state index in [0.717, 1.165) is 33.2 Å². The zero-order chi connectivity index (χ0) is 13.5. The van der Waals surface area contributed by atoms with Crippen LogP contribution in [-0.2, 0) is 0 Å². The summed E-state index contributed by atoms with van der Waals surface area (Å²) in [5.74, 6) is 0. The van der Waals surface area contributed by atoms with E-state index >= 15 is 0 Å². The van der Waals surface area contributed by atoms with Crippen LogP contribution in [0, 0.1) is 6.92 Å². The second-order valence-electron chi connectivity index (χ2n) is 5.03. The van der Waals surface area contributed by atoms with Crippen LogP contribution in [-0.4, -0.2) is 4.98 Å². The molecule has 0 saturated heterocycles. The number of hydrogen-bond acceptors (Lipinski definition) is 2. The van der Waals surface area contributed by atoms with Crippen molar-refractivity contribution < 1.29 is 4.42 Å². The lowest BCUT2D eigenvalue weighted by molar-refractivity contribution is 0.668. The number of pyridine rings is 1. The second-order valence-corrected chi connectivity index (χ2v) is 5.03. The minimum atomic E-state index is 0.911. The van der Waals surface area contributed by atoms with Gasteiger partial charge in [0.2, 0.25) is 0 Å². The molecule has 0 fully saturated rings. The summed E-state index contributed by atoms with van der Waals surface area (Å²) in [6.45, 7) is 2.08. The van der Waals surface area contributed by atoms with Gasteiger partial charge >= 0.3 is 0 Å². The lowest BCUT2D eigenvalue weighted by atomic mass is 10.1. The van der Waals surface area contributed by atoms with Gasteiger partial charge in [-0.3, -0.25) is 4.98 Å². The van der Waals surface area contributed by atoms with Crippen LogP contribution in [0.4, 0.5) is 0 Å². The molecule has 2 aromatic carbocycles. The minimum absolute atomic E-state index is 0.911. The molecule has 4 aromatic rings. The Bertz CT molecular complexity index is 907. The van der Waals surface area contributed by atoms with Crippen molar-refractivity contribution in [3.63, 3.8) is 0 Å². The van der Waals surface area contributed by atoms with E-state index in [-0.39, 0.29) is 0 Å². The van der Waals surface area contributed by atoms with Crippen LogP contribution in [0.2, 0.25) is 0 Å². The molecule has 0 amide bonds. The predicted octanol–water partition coefficient (Wildman–Crippen LogP) is 4.96. The number of aromatic nitrogens is 1. The SMILES string of the molecule is Cc1ccc2c(c1)oc1cc(-c3ccccn3)ccc12. The normalized spacial score (nSPS) is 11.2. The van der Waals surface area contributed by atoms with Crippen molar-refractivity contribution in [3.05, 3.63) is 66.4 Å². The molecular weight excluding hydrogens is 246 g/mol. The van der Waals surface area contributed by atoms with E-state index in [1.165, 1.54) is 5.56 Å². The fourth-order valence-corrected chi connectivity index (χ4v) is 2.58. The number of rotatable bonds is 1. The molecule has 0 bridgehead atoms. The Kier molecular flexibility index (Phi) is 2.36. The Labute approximate surface area is 116 Å². The maximum atomic E-state index is 5.97. The third-order valence-electron chi connectivity index (χ3n) is 3.59. The molecule has 2 aromatic heterocycles. The summed E-state index contributed by atoms with van der Waals surface area (Å²) in [7, 11) is 0. The van der Waals surface area contributed by atoms with Gasteiger partial charge in [-0.25, -0.2) is 0 Å². The topological polar surface area (TPSA) is 26.0 Å². The molecule has 2 heterocycles. The van der Waals surface area contributed by atoms with Crippen LogP contribution in [0.1, 0.15) is 5.56 Å². The average molecular weight is 259 g/mol. The highest BCUT2D eigenvalue weighted by Gasteiger charge is 2.08. The summed E-state index contributed by atoms with van der Waals surface area (Å²) >= 11 is 0. The van der Waals surface area contributed by atoms with Crippen LogP contribution in [0.5, 0.6) is 0 Å². The first-order valence-electron chi connectivity index (χ1n) is 6.65. The highest BCUT2D eigenvalue weighted by atomic mass is 16.3. The number of benzene rings is 2. The lowest BCUT2D eigenvalue weighted by Crippen LogP contribution is -1.80. The van der Waals surface area contributed by atoms with Gasteiger partial charge in [0.25, 0.3) is 0 Å². The fourth-order valence-electron chi connectivity index (χ4n) is 2.58. The third-order valence-corrected chi connectivity index (χ3v) is 3.59. The van der Waals surface area contributed by atoms with Crippen LogP contribution in [0.3, 0.4) is 0 Å². The van der Waals surface area contributed by atoms with Crippen molar-refractivity contribution in [3.8, 4) is 11.3 Å². The van der Waals surface area contributed by atoms with Gasteiger partial charge < -0.3 is 4.42 Å². The molecule has 0 saturated carbocycles. The Morgan fingerprint density at radius 1 is 0.850 bits per heavy atom. The molecule has 0 aliphatic carbocycles. The summed E-state index contributed by atoms with van der Waals surface area (Å²) in [6.07, 6.45) is 1.81. The second kappa shape index (κ2) is 4.20. The van der Waals surface area contributed by atoms with Crippen molar-refractivity contribution >= 4 is 21.9 Å². The summed E-state index contributed by atoms with van der Waals surface area (Å²) in [6, 6.07) is 18.5. The van der Waals surface area contributed by atoms with E-state index < -0.39 is 0 Å². The minimum Gasteiger partial charge on any atom is -0.456 e. The van der Waals surface area contributed by atoms with E-state index in [2.05, 4.69) is 48.3 Å². The van der Waals surface area contributed by atoms with Gasteiger partial charge in [0, 0.05) is 22.5 Å². The number of aryl methyl sites for hydroxylation is 1. The number of fused-ring (bicyclic) bond motifs is 3. The molecule has 0 aliphatic rings. The van der Waals surface area contributed by atoms with Crippen molar-refractivity contribution in [2.24, 2.45) is 0 Å². The smallest absolute Gasteiger partial charge is 0.136 e. The van der Waals surface area contributed by atoms with Gasteiger partial charge in [-0.1, -0.05) is 24.3 Å². The number of hydrogen-bond donors (Lipinski definition) is 0. The molecule has 0 spiro atoms. The summed E-state index contributed by atoms with van der Waals surface area (Å²) in [4.78, 5) is 4.38. The molecular formula is C18H13NO. The van der Waals surface area contributed by atoms with Gasteiger partial charge in [-0.2, -0.15) is 0 Å². The molecule has 2 nitrogen and oxygen atoms in total. The quantitative estimate of drug-likeness (QED) is 0.483. The van der Waals surface area contributed by atoms with Gasteiger partial charge in [0.1, 0.15) is 11.2 Å². The fraction of sp³-hybridized carbons (Fsp3) is 0.0556. The highest BCUT2D eigenvalue weighted by Crippen LogP contribution is 2.31. The predicted molar refractivity (Wildman–Crippen MR) is 81.7 cm³/mol. The zero-order valence-corrected chi connectivity index (χ0v) is 11.1. The zero-order valence-electron chi connectivity index (χ0n) is 11.1. The Hall–Kier alpha value is -2.61. The van der Waals surface area contributed by atoms with Crippen LogP contribution in [0.25, 0.3) is 33.2 Å². The lowest BCUT2D eigenvalue weighted by Gasteiger charge is -1.99. The van der Waals surface area contributed by atoms with Crippen LogP contribution >= 0.6 is 0 Å².